The van der Waals surface area contributed by atoms with E-state index in [-0.39, 0.29) is 35.5 Å². The number of anilines is 1. The average molecular weight is 291 g/mol. The van der Waals surface area contributed by atoms with Crippen molar-refractivity contribution >= 4 is 28.5 Å². The van der Waals surface area contributed by atoms with Crippen LogP contribution in [0.25, 0.3) is 11.0 Å². The molecule has 2 amide bonds. The fraction of sp³-hybridized carbons (Fsp3) is 0.294. The molecular weight excluding hydrogens is 278 g/mol. The van der Waals surface area contributed by atoms with E-state index in [1.165, 1.54) is 4.90 Å². The van der Waals surface area contributed by atoms with Crippen LogP contribution in [-0.4, -0.2) is 21.8 Å². The number of fused-ring (bicyclic) bond motifs is 6. The van der Waals surface area contributed by atoms with Crippen molar-refractivity contribution in [3.05, 3.63) is 42.7 Å². The summed E-state index contributed by atoms with van der Waals surface area (Å²) >= 11 is 0. The Hall–Kier alpha value is -2.56. The maximum atomic E-state index is 12.8. The molecular formula is C17H13N3O2. The lowest BCUT2D eigenvalue weighted by Crippen LogP contribution is -2.32. The Morgan fingerprint density at radius 2 is 1.55 bits per heavy atom. The molecule has 2 fully saturated rings. The van der Waals surface area contributed by atoms with Crippen molar-refractivity contribution in [2.24, 2.45) is 23.7 Å². The second kappa shape index (κ2) is 4.00. The van der Waals surface area contributed by atoms with E-state index in [1.54, 1.807) is 30.6 Å². The first-order valence-electron chi connectivity index (χ1n) is 7.51. The molecule has 22 heavy (non-hydrogen) atoms. The quantitative estimate of drug-likeness (QED) is 0.595. The van der Waals surface area contributed by atoms with E-state index in [9.17, 15) is 9.59 Å². The Balaban J connectivity index is 1.60. The maximum absolute atomic E-state index is 12.8. The number of benzene rings is 1. The van der Waals surface area contributed by atoms with Crippen molar-refractivity contribution in [2.45, 2.75) is 6.42 Å². The molecule has 2 bridgehead atoms. The molecule has 4 atom stereocenters. The smallest absolute Gasteiger partial charge is 0.238 e. The number of nitrogens with zero attached hydrogens (tertiary/aromatic N) is 3. The molecule has 0 spiro atoms. The minimum Gasteiger partial charge on any atom is -0.274 e. The SMILES string of the molecule is O=C1C2C3C=CC(C3)C2C(=O)N1c1ccc2nccnc2c1. The summed E-state index contributed by atoms with van der Waals surface area (Å²) in [6.45, 7) is 0. The number of amides is 2. The number of carbonyl (C=O) groups is 2. The van der Waals surface area contributed by atoms with E-state index in [0.717, 1.165) is 11.9 Å². The topological polar surface area (TPSA) is 63.2 Å². The fourth-order valence-electron chi connectivity index (χ4n) is 4.25. The molecule has 0 N–H and O–H groups in total. The summed E-state index contributed by atoms with van der Waals surface area (Å²) < 4.78 is 0. The van der Waals surface area contributed by atoms with Gasteiger partial charge in [-0.05, 0) is 36.5 Å². The highest BCUT2D eigenvalue weighted by atomic mass is 16.2. The number of hydrogen-bond donors (Lipinski definition) is 0. The van der Waals surface area contributed by atoms with Crippen molar-refractivity contribution < 1.29 is 9.59 Å². The zero-order chi connectivity index (χ0) is 14.8. The summed E-state index contributed by atoms with van der Waals surface area (Å²) in [5, 5.41) is 0. The third-order valence-electron chi connectivity index (χ3n) is 5.18. The van der Waals surface area contributed by atoms with Crippen LogP contribution in [0.1, 0.15) is 6.42 Å². The molecule has 3 aliphatic rings. The number of hydrogen-bond acceptors (Lipinski definition) is 4. The fourth-order valence-corrected chi connectivity index (χ4v) is 4.25. The predicted octanol–water partition coefficient (Wildman–Crippen LogP) is 1.94. The first-order valence-corrected chi connectivity index (χ1v) is 7.51. The van der Waals surface area contributed by atoms with E-state index in [4.69, 9.17) is 0 Å². The standard InChI is InChI=1S/C17H13N3O2/c21-16-14-9-1-2-10(7-9)15(14)17(22)20(16)11-3-4-12-13(8-11)19-6-5-18-12/h1-6,8-10,14-15H,7H2. The van der Waals surface area contributed by atoms with Crippen LogP contribution in [0.15, 0.2) is 42.7 Å². The monoisotopic (exact) mass is 291 g/mol. The zero-order valence-corrected chi connectivity index (χ0v) is 11.7. The van der Waals surface area contributed by atoms with E-state index in [0.29, 0.717) is 11.2 Å². The first kappa shape index (κ1) is 12.0. The van der Waals surface area contributed by atoms with Gasteiger partial charge >= 0.3 is 0 Å². The molecule has 4 unspecified atom stereocenters. The summed E-state index contributed by atoms with van der Waals surface area (Å²) in [5.74, 6) is 0.0127. The molecule has 1 aromatic carbocycles. The van der Waals surface area contributed by atoms with Gasteiger partial charge in [-0.1, -0.05) is 12.2 Å². The van der Waals surface area contributed by atoms with Gasteiger partial charge in [0, 0.05) is 12.4 Å². The Kier molecular flexibility index (Phi) is 2.19. The summed E-state index contributed by atoms with van der Waals surface area (Å²) in [6, 6.07) is 5.36. The van der Waals surface area contributed by atoms with E-state index in [2.05, 4.69) is 22.1 Å². The third-order valence-corrected chi connectivity index (χ3v) is 5.18. The van der Waals surface area contributed by atoms with Crippen molar-refractivity contribution in [2.75, 3.05) is 4.90 Å². The highest BCUT2D eigenvalue weighted by Crippen LogP contribution is 2.53. The zero-order valence-electron chi connectivity index (χ0n) is 11.7. The second-order valence-electron chi connectivity index (χ2n) is 6.24. The Morgan fingerprint density at radius 1 is 0.909 bits per heavy atom. The lowest BCUT2D eigenvalue weighted by molar-refractivity contribution is -0.123. The van der Waals surface area contributed by atoms with Gasteiger partial charge in [0.2, 0.25) is 11.8 Å². The molecule has 1 aromatic heterocycles. The predicted molar refractivity (Wildman–Crippen MR) is 79.7 cm³/mol. The maximum Gasteiger partial charge on any atom is 0.238 e. The van der Waals surface area contributed by atoms with Gasteiger partial charge in [0.25, 0.3) is 0 Å². The van der Waals surface area contributed by atoms with Gasteiger partial charge in [0.05, 0.1) is 28.6 Å². The van der Waals surface area contributed by atoms with Crippen molar-refractivity contribution in [3.63, 3.8) is 0 Å². The number of aromatic nitrogens is 2. The number of rotatable bonds is 1. The molecule has 108 valence electrons. The summed E-state index contributed by atoms with van der Waals surface area (Å²) in [5.41, 5.74) is 2.06. The number of allylic oxidation sites excluding steroid dienone is 2. The highest BCUT2D eigenvalue weighted by molar-refractivity contribution is 6.23. The Bertz CT molecular complexity index is 830. The summed E-state index contributed by atoms with van der Waals surface area (Å²) in [4.78, 5) is 35.3. The normalized spacial score (nSPS) is 32.3. The van der Waals surface area contributed by atoms with Crippen molar-refractivity contribution in [3.8, 4) is 0 Å². The van der Waals surface area contributed by atoms with Gasteiger partial charge in [-0.15, -0.1) is 0 Å². The van der Waals surface area contributed by atoms with Crippen molar-refractivity contribution in [1.82, 2.24) is 9.97 Å². The molecule has 1 saturated carbocycles. The van der Waals surface area contributed by atoms with Gasteiger partial charge in [-0.25, -0.2) is 4.90 Å². The molecule has 2 aliphatic carbocycles. The van der Waals surface area contributed by atoms with Crippen LogP contribution in [0.2, 0.25) is 0 Å². The van der Waals surface area contributed by atoms with Crippen LogP contribution in [0.3, 0.4) is 0 Å². The Morgan fingerprint density at radius 3 is 2.23 bits per heavy atom. The largest absolute Gasteiger partial charge is 0.274 e. The molecule has 5 rings (SSSR count). The minimum absolute atomic E-state index is 0.0601. The van der Waals surface area contributed by atoms with Gasteiger partial charge in [0.1, 0.15) is 0 Å². The third kappa shape index (κ3) is 1.38. The summed E-state index contributed by atoms with van der Waals surface area (Å²) in [6.07, 6.45) is 8.39. The lowest BCUT2D eigenvalue weighted by Gasteiger charge is -2.17. The summed E-state index contributed by atoms with van der Waals surface area (Å²) in [7, 11) is 0. The van der Waals surface area contributed by atoms with Gasteiger partial charge in [-0.2, -0.15) is 0 Å². The molecule has 1 aliphatic heterocycles. The molecule has 2 heterocycles. The van der Waals surface area contributed by atoms with Crippen molar-refractivity contribution in [1.29, 1.82) is 0 Å². The van der Waals surface area contributed by atoms with Crippen LogP contribution in [0, 0.1) is 23.7 Å². The van der Waals surface area contributed by atoms with E-state index >= 15 is 0 Å². The van der Waals surface area contributed by atoms with Crippen LogP contribution < -0.4 is 4.90 Å². The lowest BCUT2D eigenvalue weighted by atomic mass is 9.85. The molecule has 2 aromatic rings. The molecule has 5 heteroatoms. The van der Waals surface area contributed by atoms with Crippen LogP contribution in [-0.2, 0) is 9.59 Å². The van der Waals surface area contributed by atoms with Crippen LogP contribution in [0.4, 0.5) is 5.69 Å². The van der Waals surface area contributed by atoms with Gasteiger partial charge in [-0.3, -0.25) is 19.6 Å². The van der Waals surface area contributed by atoms with E-state index in [1.807, 2.05) is 0 Å². The number of imide groups is 1. The minimum atomic E-state index is -0.167. The van der Waals surface area contributed by atoms with Gasteiger partial charge in [0.15, 0.2) is 0 Å². The van der Waals surface area contributed by atoms with Crippen LogP contribution >= 0.6 is 0 Å². The number of carbonyl (C=O) groups excluding carboxylic acids is 2. The average Bonchev–Trinajstić information content (AvgIpc) is 3.21. The molecule has 5 nitrogen and oxygen atoms in total. The van der Waals surface area contributed by atoms with Crippen LogP contribution in [0.5, 0.6) is 0 Å². The Labute approximate surface area is 126 Å². The van der Waals surface area contributed by atoms with E-state index < -0.39 is 0 Å². The van der Waals surface area contributed by atoms with Gasteiger partial charge < -0.3 is 0 Å². The first-order chi connectivity index (χ1) is 10.7. The second-order valence-corrected chi connectivity index (χ2v) is 6.24. The molecule has 1 saturated heterocycles. The molecule has 0 radical (unpaired) electrons. The highest BCUT2D eigenvalue weighted by Gasteiger charge is 2.59.